The molecule has 4 aliphatic rings. The summed E-state index contributed by atoms with van der Waals surface area (Å²) >= 11 is 0. The summed E-state index contributed by atoms with van der Waals surface area (Å²) < 4.78 is 22.9. The Bertz CT molecular complexity index is 1160. The van der Waals surface area contributed by atoms with Crippen LogP contribution in [0.2, 0.25) is 0 Å². The molecule has 0 spiro atoms. The summed E-state index contributed by atoms with van der Waals surface area (Å²) in [7, 11) is 0. The molecule has 3 aliphatic heterocycles. The van der Waals surface area contributed by atoms with E-state index in [2.05, 4.69) is 10.6 Å². The highest BCUT2D eigenvalue weighted by molar-refractivity contribution is 6.04. The van der Waals surface area contributed by atoms with E-state index in [-0.39, 0.29) is 55.8 Å². The van der Waals surface area contributed by atoms with Crippen LogP contribution in [-0.2, 0) is 9.53 Å². The SMILES string of the molecule is O=C(C[C@@H]1C[C@H]2c3cc(NC(=O)c4ccc5c(c4)OCO5)ccc3O[C@H]2[C@H](CO)O1)NC1CCCC1. The normalized spacial score (nSPS) is 26.1. The van der Waals surface area contributed by atoms with Gasteiger partial charge in [-0.05, 0) is 55.7 Å². The molecule has 1 saturated carbocycles. The fraction of sp³-hybridized carbons (Fsp3) is 0.481. The molecule has 0 radical (unpaired) electrons. The molecule has 6 rings (SSSR count). The van der Waals surface area contributed by atoms with E-state index in [4.69, 9.17) is 18.9 Å². The van der Waals surface area contributed by atoms with Crippen molar-refractivity contribution in [2.75, 3.05) is 18.7 Å². The van der Waals surface area contributed by atoms with Gasteiger partial charge in [-0.15, -0.1) is 0 Å². The molecule has 4 atom stereocenters. The first-order valence-electron chi connectivity index (χ1n) is 12.6. The zero-order chi connectivity index (χ0) is 24.6. The molecule has 0 bridgehead atoms. The van der Waals surface area contributed by atoms with Crippen LogP contribution < -0.4 is 24.8 Å². The van der Waals surface area contributed by atoms with Crippen molar-refractivity contribution < 1.29 is 33.6 Å². The van der Waals surface area contributed by atoms with Crippen LogP contribution >= 0.6 is 0 Å². The van der Waals surface area contributed by atoms with Crippen LogP contribution in [0.5, 0.6) is 17.2 Å². The molecule has 9 heteroatoms. The molecule has 2 aromatic rings. The van der Waals surface area contributed by atoms with Crippen LogP contribution in [0.1, 0.15) is 60.4 Å². The van der Waals surface area contributed by atoms with Crippen molar-refractivity contribution in [2.24, 2.45) is 0 Å². The molecule has 0 unspecified atom stereocenters. The van der Waals surface area contributed by atoms with Gasteiger partial charge in [-0.1, -0.05) is 12.8 Å². The smallest absolute Gasteiger partial charge is 0.255 e. The minimum absolute atomic E-state index is 0.00841. The lowest BCUT2D eigenvalue weighted by Crippen LogP contribution is -2.47. The van der Waals surface area contributed by atoms with Crippen LogP contribution in [0.3, 0.4) is 0 Å². The van der Waals surface area contributed by atoms with Gasteiger partial charge in [0.2, 0.25) is 12.7 Å². The molecular weight excluding hydrogens is 464 g/mol. The Kier molecular flexibility index (Phi) is 6.18. The van der Waals surface area contributed by atoms with Gasteiger partial charge >= 0.3 is 0 Å². The summed E-state index contributed by atoms with van der Waals surface area (Å²) in [6, 6.07) is 10.9. The van der Waals surface area contributed by atoms with E-state index >= 15 is 0 Å². The summed E-state index contributed by atoms with van der Waals surface area (Å²) in [4.78, 5) is 25.5. The minimum Gasteiger partial charge on any atom is -0.487 e. The molecule has 9 nitrogen and oxygen atoms in total. The third-order valence-corrected chi connectivity index (χ3v) is 7.53. The number of fused-ring (bicyclic) bond motifs is 4. The largest absolute Gasteiger partial charge is 0.487 e. The van der Waals surface area contributed by atoms with Gasteiger partial charge in [0.05, 0.1) is 19.1 Å². The van der Waals surface area contributed by atoms with E-state index in [1.807, 2.05) is 12.1 Å². The maximum Gasteiger partial charge on any atom is 0.255 e. The van der Waals surface area contributed by atoms with Crippen LogP contribution in [0.15, 0.2) is 36.4 Å². The Labute approximate surface area is 209 Å². The zero-order valence-electron chi connectivity index (χ0n) is 19.9. The topological polar surface area (TPSA) is 115 Å². The van der Waals surface area contributed by atoms with Gasteiger partial charge in [0, 0.05) is 28.8 Å². The third-order valence-electron chi connectivity index (χ3n) is 7.53. The molecule has 3 N–H and O–H groups in total. The van der Waals surface area contributed by atoms with Crippen molar-refractivity contribution in [1.29, 1.82) is 0 Å². The van der Waals surface area contributed by atoms with E-state index in [1.54, 1.807) is 24.3 Å². The average Bonchev–Trinajstić information content (AvgIpc) is 3.63. The predicted molar refractivity (Wildman–Crippen MR) is 129 cm³/mol. The summed E-state index contributed by atoms with van der Waals surface area (Å²) in [5, 5.41) is 16.1. The Morgan fingerprint density at radius 2 is 1.81 bits per heavy atom. The van der Waals surface area contributed by atoms with E-state index in [1.165, 1.54) is 0 Å². The number of aliphatic hydroxyl groups excluding tert-OH is 1. The van der Waals surface area contributed by atoms with Gasteiger partial charge in [-0.3, -0.25) is 9.59 Å². The van der Waals surface area contributed by atoms with Gasteiger partial charge in [0.25, 0.3) is 5.91 Å². The number of aliphatic hydroxyl groups is 1. The highest BCUT2D eigenvalue weighted by atomic mass is 16.7. The molecule has 36 heavy (non-hydrogen) atoms. The number of ether oxygens (including phenoxy) is 4. The van der Waals surface area contributed by atoms with Gasteiger partial charge in [0.1, 0.15) is 18.0 Å². The predicted octanol–water partition coefficient (Wildman–Crippen LogP) is 3.11. The van der Waals surface area contributed by atoms with Crippen molar-refractivity contribution in [3.8, 4) is 17.2 Å². The average molecular weight is 495 g/mol. The summed E-state index contributed by atoms with van der Waals surface area (Å²) in [5.74, 6) is 1.57. The third kappa shape index (κ3) is 4.49. The van der Waals surface area contributed by atoms with Crippen LogP contribution in [0.25, 0.3) is 0 Å². The van der Waals surface area contributed by atoms with Gasteiger partial charge in [-0.2, -0.15) is 0 Å². The first kappa shape index (κ1) is 23.1. The number of benzene rings is 2. The fourth-order valence-electron chi connectivity index (χ4n) is 5.77. The Morgan fingerprint density at radius 1 is 1.00 bits per heavy atom. The van der Waals surface area contributed by atoms with Crippen molar-refractivity contribution >= 4 is 17.5 Å². The van der Waals surface area contributed by atoms with E-state index < -0.39 is 6.10 Å². The van der Waals surface area contributed by atoms with Gasteiger partial charge < -0.3 is 34.7 Å². The number of carbonyl (C=O) groups excluding carboxylic acids is 2. The van der Waals surface area contributed by atoms with Crippen molar-refractivity contribution in [3.05, 3.63) is 47.5 Å². The number of amides is 2. The summed E-state index contributed by atoms with van der Waals surface area (Å²) in [6.07, 6.45) is 4.06. The molecule has 3 heterocycles. The van der Waals surface area contributed by atoms with E-state index in [0.29, 0.717) is 34.9 Å². The maximum absolute atomic E-state index is 12.9. The number of hydrogen-bond acceptors (Lipinski definition) is 7. The monoisotopic (exact) mass is 494 g/mol. The van der Waals surface area contributed by atoms with Crippen molar-refractivity contribution in [2.45, 2.75) is 68.8 Å². The summed E-state index contributed by atoms with van der Waals surface area (Å²) in [6.45, 7) is -0.0425. The minimum atomic E-state index is -0.521. The van der Waals surface area contributed by atoms with E-state index in [0.717, 1.165) is 31.2 Å². The van der Waals surface area contributed by atoms with Gasteiger partial charge in [-0.25, -0.2) is 0 Å². The fourth-order valence-corrected chi connectivity index (χ4v) is 5.77. The Hall–Kier alpha value is -3.30. The molecule has 2 amide bonds. The second kappa shape index (κ2) is 9.63. The highest BCUT2D eigenvalue weighted by Crippen LogP contribution is 2.47. The lowest BCUT2D eigenvalue weighted by atomic mass is 9.84. The first-order chi connectivity index (χ1) is 17.6. The molecule has 2 fully saturated rings. The maximum atomic E-state index is 12.9. The lowest BCUT2D eigenvalue weighted by molar-refractivity contribution is -0.142. The number of nitrogens with one attached hydrogen (secondary N) is 2. The molecule has 2 aromatic carbocycles. The molecule has 0 aromatic heterocycles. The lowest BCUT2D eigenvalue weighted by Gasteiger charge is -2.37. The van der Waals surface area contributed by atoms with Gasteiger partial charge in [0.15, 0.2) is 11.5 Å². The number of rotatable bonds is 6. The number of hydrogen-bond donors (Lipinski definition) is 3. The quantitative estimate of drug-likeness (QED) is 0.565. The van der Waals surface area contributed by atoms with Crippen molar-refractivity contribution in [3.63, 3.8) is 0 Å². The highest BCUT2D eigenvalue weighted by Gasteiger charge is 2.46. The van der Waals surface area contributed by atoms with E-state index in [9.17, 15) is 14.7 Å². The number of anilines is 1. The summed E-state index contributed by atoms with van der Waals surface area (Å²) in [5.41, 5.74) is 2.06. The number of carbonyl (C=O) groups is 2. The standard InChI is InChI=1S/C27H30N2O7/c30-13-24-26-20(11-18(35-24)12-25(31)28-16-3-1-2-4-16)19-10-17(6-8-21(19)36-26)29-27(32)15-5-7-22-23(9-15)34-14-33-22/h5-10,16,18,20,24,26,30H,1-4,11-14H2,(H,28,31)(H,29,32)/t18-,20-,24-,26+/m0/s1. The molecule has 1 aliphatic carbocycles. The van der Waals surface area contributed by atoms with Crippen LogP contribution in [0, 0.1) is 0 Å². The zero-order valence-corrected chi connectivity index (χ0v) is 19.9. The second-order valence-electron chi connectivity index (χ2n) is 9.93. The molecule has 1 saturated heterocycles. The molecular formula is C27H30N2O7. The Balaban J connectivity index is 1.16. The van der Waals surface area contributed by atoms with Crippen LogP contribution in [-0.4, -0.2) is 54.7 Å². The van der Waals surface area contributed by atoms with Crippen molar-refractivity contribution in [1.82, 2.24) is 5.32 Å². The Morgan fingerprint density at radius 3 is 2.64 bits per heavy atom. The first-order valence-corrected chi connectivity index (χ1v) is 12.6. The van der Waals surface area contributed by atoms with Crippen LogP contribution in [0.4, 0.5) is 5.69 Å². The molecule has 190 valence electrons. The second-order valence-corrected chi connectivity index (χ2v) is 9.93.